The Bertz CT molecular complexity index is 495. The number of hydrogen-bond acceptors (Lipinski definition) is 5. The van der Waals surface area contributed by atoms with Gasteiger partial charge in [-0.1, -0.05) is 20.8 Å². The molecule has 3 rings (SSSR count). The van der Waals surface area contributed by atoms with Gasteiger partial charge >= 0.3 is 5.97 Å². The fourth-order valence-corrected chi connectivity index (χ4v) is 5.84. The van der Waals surface area contributed by atoms with E-state index in [0.29, 0.717) is 19.8 Å². The van der Waals surface area contributed by atoms with Gasteiger partial charge in [0.1, 0.15) is 0 Å². The maximum atomic E-state index is 11.8. The molecule has 0 radical (unpaired) electrons. The second-order valence-corrected chi connectivity index (χ2v) is 9.61. The van der Waals surface area contributed by atoms with Gasteiger partial charge in [0.15, 0.2) is 0 Å². The first-order valence-electron chi connectivity index (χ1n) is 10.4. The number of likely N-dealkylation sites (tertiary alicyclic amines) is 1. The molecule has 26 heavy (non-hydrogen) atoms. The van der Waals surface area contributed by atoms with Crippen LogP contribution in [-0.4, -0.2) is 61.0 Å². The molecular weight excluding hydrogens is 330 g/mol. The lowest BCUT2D eigenvalue weighted by Gasteiger charge is -2.42. The highest BCUT2D eigenvalue weighted by molar-refractivity contribution is 5.72. The van der Waals surface area contributed by atoms with Gasteiger partial charge in [-0.2, -0.15) is 0 Å². The van der Waals surface area contributed by atoms with Crippen LogP contribution in [-0.2, 0) is 14.3 Å². The number of carbonyl (C=O) groups is 1. The van der Waals surface area contributed by atoms with Crippen molar-refractivity contribution in [2.75, 3.05) is 32.8 Å². The monoisotopic (exact) mass is 367 g/mol. The molecular formula is C21H37NO4. The Balaban J connectivity index is 1.41. The number of ether oxygens (including phenoxy) is 2. The van der Waals surface area contributed by atoms with Crippen LogP contribution in [0.2, 0.25) is 0 Å². The van der Waals surface area contributed by atoms with E-state index < -0.39 is 6.10 Å². The average molecular weight is 368 g/mol. The Morgan fingerprint density at radius 2 is 1.92 bits per heavy atom. The number of rotatable bonds is 7. The zero-order chi connectivity index (χ0) is 18.9. The zero-order valence-corrected chi connectivity index (χ0v) is 17.0. The lowest BCUT2D eigenvalue weighted by molar-refractivity contribution is -0.149. The van der Waals surface area contributed by atoms with E-state index in [1.807, 2.05) is 6.92 Å². The lowest BCUT2D eigenvalue weighted by atomic mass is 9.70. The molecule has 5 nitrogen and oxygen atoms in total. The summed E-state index contributed by atoms with van der Waals surface area (Å²) in [6, 6.07) is 0. The number of aliphatic hydroxyl groups is 1. The predicted molar refractivity (Wildman–Crippen MR) is 101 cm³/mol. The maximum absolute atomic E-state index is 11.8. The summed E-state index contributed by atoms with van der Waals surface area (Å²) >= 11 is 0. The fourth-order valence-electron chi connectivity index (χ4n) is 5.84. The van der Waals surface area contributed by atoms with Gasteiger partial charge in [0.2, 0.25) is 0 Å². The molecule has 3 fully saturated rings. The highest BCUT2D eigenvalue weighted by atomic mass is 16.5. The smallest absolute Gasteiger partial charge is 0.309 e. The minimum atomic E-state index is -0.465. The quantitative estimate of drug-likeness (QED) is 0.701. The molecule has 5 heteroatoms. The van der Waals surface area contributed by atoms with Gasteiger partial charge in [0.05, 0.1) is 31.3 Å². The molecule has 0 aromatic carbocycles. The van der Waals surface area contributed by atoms with Crippen molar-refractivity contribution < 1.29 is 19.4 Å². The van der Waals surface area contributed by atoms with E-state index in [-0.39, 0.29) is 28.8 Å². The third kappa shape index (κ3) is 3.95. The number of nitrogens with zero attached hydrogens (tertiary/aromatic N) is 1. The summed E-state index contributed by atoms with van der Waals surface area (Å²) < 4.78 is 11.4. The molecule has 1 N–H and O–H groups in total. The zero-order valence-electron chi connectivity index (χ0n) is 17.0. The molecule has 2 bridgehead atoms. The summed E-state index contributed by atoms with van der Waals surface area (Å²) in [5.41, 5.74) is 0.497. The van der Waals surface area contributed by atoms with Crippen molar-refractivity contribution in [1.82, 2.24) is 4.90 Å². The topological polar surface area (TPSA) is 59.0 Å². The second kappa shape index (κ2) is 7.76. The number of hydrogen-bond donors (Lipinski definition) is 1. The highest BCUT2D eigenvalue weighted by Crippen LogP contribution is 2.63. The van der Waals surface area contributed by atoms with Crippen molar-refractivity contribution in [2.45, 2.75) is 72.0 Å². The maximum Gasteiger partial charge on any atom is 0.309 e. The van der Waals surface area contributed by atoms with E-state index >= 15 is 0 Å². The summed E-state index contributed by atoms with van der Waals surface area (Å²) in [6.45, 7) is 12.0. The van der Waals surface area contributed by atoms with Gasteiger partial charge in [-0.05, 0) is 68.9 Å². The molecule has 3 aliphatic rings. The van der Waals surface area contributed by atoms with Crippen LogP contribution in [0.25, 0.3) is 0 Å². The Hall–Kier alpha value is -0.650. The van der Waals surface area contributed by atoms with Crippen molar-refractivity contribution in [3.05, 3.63) is 0 Å². The van der Waals surface area contributed by atoms with Crippen LogP contribution < -0.4 is 0 Å². The summed E-state index contributed by atoms with van der Waals surface area (Å²) in [4.78, 5) is 14.1. The van der Waals surface area contributed by atoms with Gasteiger partial charge in [-0.15, -0.1) is 0 Å². The molecule has 2 saturated carbocycles. The van der Waals surface area contributed by atoms with E-state index in [1.165, 1.54) is 19.3 Å². The van der Waals surface area contributed by atoms with Crippen LogP contribution in [0.4, 0.5) is 0 Å². The van der Waals surface area contributed by atoms with E-state index in [2.05, 4.69) is 25.7 Å². The minimum absolute atomic E-state index is 0.0226. The van der Waals surface area contributed by atoms with Gasteiger partial charge in [0, 0.05) is 6.54 Å². The Morgan fingerprint density at radius 3 is 2.50 bits per heavy atom. The molecule has 2 unspecified atom stereocenters. The minimum Gasteiger partial charge on any atom is -0.466 e. The average Bonchev–Trinajstić information content (AvgIpc) is 3.06. The van der Waals surface area contributed by atoms with E-state index in [4.69, 9.17) is 9.47 Å². The van der Waals surface area contributed by atoms with E-state index in [0.717, 1.165) is 31.8 Å². The standard InChI is InChI=1S/C21H37NO4/c1-5-25-18(24)15-7-10-22(11-8-15)13-17(23)14-26-19-20(2,3)16-6-9-21(19,4)12-16/h15-17,19,23H,5-14H2,1-4H3/t16?,17?,19-,21-/m1/s1. The summed E-state index contributed by atoms with van der Waals surface area (Å²) in [7, 11) is 0. The van der Waals surface area contributed by atoms with Crippen LogP contribution in [0.15, 0.2) is 0 Å². The molecule has 2 aliphatic carbocycles. The first kappa shape index (κ1) is 20.1. The third-order valence-corrected chi connectivity index (χ3v) is 7.27. The van der Waals surface area contributed by atoms with E-state index in [9.17, 15) is 9.90 Å². The van der Waals surface area contributed by atoms with Crippen LogP contribution in [0.3, 0.4) is 0 Å². The first-order valence-corrected chi connectivity index (χ1v) is 10.4. The fraction of sp³-hybridized carbons (Fsp3) is 0.952. The highest BCUT2D eigenvalue weighted by Gasteiger charge is 2.60. The molecule has 1 aliphatic heterocycles. The van der Waals surface area contributed by atoms with Crippen molar-refractivity contribution in [1.29, 1.82) is 0 Å². The van der Waals surface area contributed by atoms with Gasteiger partial charge in [-0.25, -0.2) is 0 Å². The normalized spacial score (nSPS) is 35.6. The summed E-state index contributed by atoms with van der Waals surface area (Å²) in [6.07, 6.45) is 5.27. The van der Waals surface area contributed by atoms with Crippen molar-refractivity contribution in [3.63, 3.8) is 0 Å². The number of piperidine rings is 1. The molecule has 1 saturated heterocycles. The molecule has 150 valence electrons. The SMILES string of the molecule is CCOC(=O)C1CCN(CC(O)CO[C@@H]2C(C)(C)C3CC[C@]2(C)C3)CC1. The first-order chi connectivity index (χ1) is 12.3. The van der Waals surface area contributed by atoms with Crippen molar-refractivity contribution >= 4 is 5.97 Å². The number of carbonyl (C=O) groups excluding carboxylic acids is 1. The molecule has 4 atom stereocenters. The van der Waals surface area contributed by atoms with E-state index in [1.54, 1.807) is 0 Å². The Morgan fingerprint density at radius 1 is 1.23 bits per heavy atom. The largest absolute Gasteiger partial charge is 0.466 e. The lowest BCUT2D eigenvalue weighted by Crippen LogP contribution is -2.46. The van der Waals surface area contributed by atoms with Crippen LogP contribution in [0, 0.1) is 22.7 Å². The number of esters is 1. The number of aliphatic hydroxyl groups excluding tert-OH is 1. The van der Waals surface area contributed by atoms with Gasteiger partial charge in [0.25, 0.3) is 0 Å². The summed E-state index contributed by atoms with van der Waals surface area (Å²) in [5.74, 6) is 0.716. The van der Waals surface area contributed by atoms with Crippen molar-refractivity contribution in [3.8, 4) is 0 Å². The Kier molecular flexibility index (Phi) is 6.00. The third-order valence-electron chi connectivity index (χ3n) is 7.27. The van der Waals surface area contributed by atoms with Gasteiger partial charge in [-0.3, -0.25) is 4.79 Å². The number of β-amino-alcohol motifs (C(OH)–C–C–N with tert-alkyl or cyclic N) is 1. The molecule has 0 amide bonds. The van der Waals surface area contributed by atoms with Crippen LogP contribution in [0.5, 0.6) is 0 Å². The van der Waals surface area contributed by atoms with Crippen LogP contribution >= 0.6 is 0 Å². The Labute approximate surface area is 158 Å². The second-order valence-electron chi connectivity index (χ2n) is 9.61. The molecule has 0 spiro atoms. The number of fused-ring (bicyclic) bond motifs is 2. The molecule has 0 aromatic rings. The summed E-state index contributed by atoms with van der Waals surface area (Å²) in [5, 5.41) is 10.5. The van der Waals surface area contributed by atoms with Crippen LogP contribution in [0.1, 0.15) is 59.8 Å². The predicted octanol–water partition coefficient (Wildman–Crippen LogP) is 2.85. The van der Waals surface area contributed by atoms with Crippen molar-refractivity contribution in [2.24, 2.45) is 22.7 Å². The molecule has 1 heterocycles. The van der Waals surface area contributed by atoms with Gasteiger partial charge < -0.3 is 19.5 Å². The molecule has 0 aromatic heterocycles.